The molecule has 0 aliphatic heterocycles. The minimum absolute atomic E-state index is 0.0171. The van der Waals surface area contributed by atoms with Gasteiger partial charge in [0.2, 0.25) is 5.91 Å². The smallest absolute Gasteiger partial charge is 0.307 e. The third-order valence-electron chi connectivity index (χ3n) is 5.18. The quantitative estimate of drug-likeness (QED) is 0.834. The summed E-state index contributed by atoms with van der Waals surface area (Å²) >= 11 is 0. The molecule has 2 N–H and O–H groups in total. The summed E-state index contributed by atoms with van der Waals surface area (Å²) in [6.45, 7) is 4.24. The zero-order valence-electron chi connectivity index (χ0n) is 13.5. The van der Waals surface area contributed by atoms with Crippen molar-refractivity contribution in [1.82, 2.24) is 0 Å². The minimum Gasteiger partial charge on any atom is -0.481 e. The molecule has 0 radical (unpaired) electrons. The molecule has 4 rings (SSSR count). The van der Waals surface area contributed by atoms with Gasteiger partial charge in [-0.2, -0.15) is 0 Å². The first-order chi connectivity index (χ1) is 11.0. The Bertz CT molecular complexity index is 633. The third kappa shape index (κ3) is 3.03. The highest BCUT2D eigenvalue weighted by atomic mass is 16.4. The van der Waals surface area contributed by atoms with E-state index in [0.717, 1.165) is 18.5 Å². The van der Waals surface area contributed by atoms with Crippen LogP contribution in [0.25, 0.3) is 0 Å². The molecule has 4 nitrogen and oxygen atoms in total. The van der Waals surface area contributed by atoms with Gasteiger partial charge in [0, 0.05) is 5.69 Å². The van der Waals surface area contributed by atoms with E-state index in [9.17, 15) is 14.7 Å². The van der Waals surface area contributed by atoms with Crippen molar-refractivity contribution >= 4 is 17.6 Å². The van der Waals surface area contributed by atoms with Gasteiger partial charge in [-0.15, -0.1) is 0 Å². The average molecular weight is 313 g/mol. The predicted octanol–water partition coefficient (Wildman–Crippen LogP) is 3.66. The highest BCUT2D eigenvalue weighted by molar-refractivity contribution is 5.96. The number of carbonyl (C=O) groups is 2. The standard InChI is InChI=1S/C19H23NO3/c1-11(2)12-7-9-15(10-8-12)20-18(21)16-13-3-5-14(6-4-13)17(16)19(22)23/h3,5,7-11,13-14,16-17H,4,6H2,1-2H3,(H,20,21)(H,22,23)/t13-,14-,16-,17+/m0/s1. The molecule has 1 fully saturated rings. The summed E-state index contributed by atoms with van der Waals surface area (Å²) < 4.78 is 0. The number of nitrogens with one attached hydrogen (secondary N) is 1. The number of benzene rings is 1. The lowest BCUT2D eigenvalue weighted by atomic mass is 9.62. The van der Waals surface area contributed by atoms with Crippen molar-refractivity contribution in [2.75, 3.05) is 5.32 Å². The fraction of sp³-hybridized carbons (Fsp3) is 0.474. The molecule has 2 bridgehead atoms. The number of carboxylic acids is 1. The molecule has 0 aromatic heterocycles. The van der Waals surface area contributed by atoms with Gasteiger partial charge in [-0.25, -0.2) is 0 Å². The number of carboxylic acid groups (broad SMARTS) is 1. The highest BCUT2D eigenvalue weighted by Crippen LogP contribution is 2.45. The second-order valence-electron chi connectivity index (χ2n) is 6.95. The van der Waals surface area contributed by atoms with E-state index >= 15 is 0 Å². The summed E-state index contributed by atoms with van der Waals surface area (Å²) in [7, 11) is 0. The Morgan fingerprint density at radius 2 is 1.61 bits per heavy atom. The molecule has 0 saturated heterocycles. The van der Waals surface area contributed by atoms with Crippen molar-refractivity contribution in [3.05, 3.63) is 42.0 Å². The van der Waals surface area contributed by atoms with Crippen LogP contribution in [0.4, 0.5) is 5.69 Å². The number of aliphatic carboxylic acids is 1. The van der Waals surface area contributed by atoms with Gasteiger partial charge in [-0.1, -0.05) is 38.1 Å². The number of anilines is 1. The van der Waals surface area contributed by atoms with Gasteiger partial charge in [-0.3, -0.25) is 9.59 Å². The summed E-state index contributed by atoms with van der Waals surface area (Å²) in [5.74, 6) is -1.65. The Morgan fingerprint density at radius 3 is 2.09 bits per heavy atom. The van der Waals surface area contributed by atoms with Crippen molar-refractivity contribution in [2.45, 2.75) is 32.6 Å². The first-order valence-corrected chi connectivity index (χ1v) is 8.29. The van der Waals surface area contributed by atoms with E-state index < -0.39 is 17.8 Å². The van der Waals surface area contributed by atoms with Crippen LogP contribution in [-0.2, 0) is 9.59 Å². The van der Waals surface area contributed by atoms with E-state index in [-0.39, 0.29) is 17.7 Å². The van der Waals surface area contributed by atoms with Crippen molar-refractivity contribution < 1.29 is 14.7 Å². The van der Waals surface area contributed by atoms with Crippen LogP contribution >= 0.6 is 0 Å². The van der Waals surface area contributed by atoms with Crippen molar-refractivity contribution in [3.63, 3.8) is 0 Å². The molecule has 122 valence electrons. The number of amides is 1. The van der Waals surface area contributed by atoms with Crippen LogP contribution in [0.3, 0.4) is 0 Å². The van der Waals surface area contributed by atoms with Gasteiger partial charge in [0.05, 0.1) is 11.8 Å². The lowest BCUT2D eigenvalue weighted by Gasteiger charge is -2.41. The predicted molar refractivity (Wildman–Crippen MR) is 89.1 cm³/mol. The average Bonchev–Trinajstić information content (AvgIpc) is 2.55. The van der Waals surface area contributed by atoms with Gasteiger partial charge in [0.25, 0.3) is 0 Å². The highest BCUT2D eigenvalue weighted by Gasteiger charge is 2.48. The normalized spacial score (nSPS) is 28.8. The molecule has 3 aliphatic carbocycles. The number of hydrogen-bond acceptors (Lipinski definition) is 2. The Morgan fingerprint density at radius 1 is 1.04 bits per heavy atom. The molecular weight excluding hydrogens is 290 g/mol. The maximum atomic E-state index is 12.7. The Kier molecular flexibility index (Phi) is 4.24. The number of allylic oxidation sites excluding steroid dienone is 2. The largest absolute Gasteiger partial charge is 0.481 e. The van der Waals surface area contributed by atoms with Crippen molar-refractivity contribution in [1.29, 1.82) is 0 Å². The van der Waals surface area contributed by atoms with Crippen LogP contribution in [0, 0.1) is 23.7 Å². The maximum absolute atomic E-state index is 12.7. The van der Waals surface area contributed by atoms with Gasteiger partial charge < -0.3 is 10.4 Å². The molecule has 1 amide bonds. The molecule has 4 atom stereocenters. The van der Waals surface area contributed by atoms with Gasteiger partial charge in [0.15, 0.2) is 0 Å². The molecule has 1 saturated carbocycles. The first-order valence-electron chi connectivity index (χ1n) is 8.29. The molecule has 0 unspecified atom stereocenters. The number of carbonyl (C=O) groups excluding carboxylic acids is 1. The van der Waals surface area contributed by atoms with Crippen LogP contribution in [0.15, 0.2) is 36.4 Å². The number of fused-ring (bicyclic) bond motifs is 2. The Labute approximate surface area is 136 Å². The maximum Gasteiger partial charge on any atom is 0.307 e. The summed E-state index contributed by atoms with van der Waals surface area (Å²) in [6.07, 6.45) is 5.77. The Balaban J connectivity index is 1.76. The zero-order chi connectivity index (χ0) is 16.6. The third-order valence-corrected chi connectivity index (χ3v) is 5.18. The monoisotopic (exact) mass is 313 g/mol. The molecule has 1 aromatic carbocycles. The second-order valence-corrected chi connectivity index (χ2v) is 6.95. The molecule has 0 heterocycles. The topological polar surface area (TPSA) is 66.4 Å². The second kappa shape index (κ2) is 6.19. The van der Waals surface area contributed by atoms with E-state index in [2.05, 4.69) is 19.2 Å². The van der Waals surface area contributed by atoms with E-state index in [1.54, 1.807) is 0 Å². The summed E-state index contributed by atoms with van der Waals surface area (Å²) in [5.41, 5.74) is 1.94. The van der Waals surface area contributed by atoms with Crippen LogP contribution in [-0.4, -0.2) is 17.0 Å². The SMILES string of the molecule is CC(C)c1ccc(NC(=O)[C@@H]2[C@H](C(=O)O)[C@H]3C=C[C@H]2CC3)cc1. The summed E-state index contributed by atoms with van der Waals surface area (Å²) in [4.78, 5) is 24.3. The van der Waals surface area contributed by atoms with Gasteiger partial charge >= 0.3 is 5.97 Å². The van der Waals surface area contributed by atoms with Gasteiger partial charge in [-0.05, 0) is 48.3 Å². The van der Waals surface area contributed by atoms with Crippen molar-refractivity contribution in [2.24, 2.45) is 23.7 Å². The molecular formula is C19H23NO3. The van der Waals surface area contributed by atoms with Crippen LogP contribution in [0.5, 0.6) is 0 Å². The van der Waals surface area contributed by atoms with Crippen molar-refractivity contribution in [3.8, 4) is 0 Å². The van der Waals surface area contributed by atoms with E-state index in [4.69, 9.17) is 0 Å². The Hall–Kier alpha value is -2.10. The molecule has 23 heavy (non-hydrogen) atoms. The lowest BCUT2D eigenvalue weighted by Crippen LogP contribution is -2.47. The number of rotatable bonds is 4. The van der Waals surface area contributed by atoms with Crippen LogP contribution in [0.2, 0.25) is 0 Å². The fourth-order valence-electron chi connectivity index (χ4n) is 3.87. The van der Waals surface area contributed by atoms with E-state index in [0.29, 0.717) is 5.92 Å². The lowest BCUT2D eigenvalue weighted by molar-refractivity contribution is -0.151. The van der Waals surface area contributed by atoms with E-state index in [1.807, 2.05) is 36.4 Å². The van der Waals surface area contributed by atoms with Crippen LogP contribution < -0.4 is 5.32 Å². The molecule has 0 spiro atoms. The minimum atomic E-state index is -0.862. The summed E-state index contributed by atoms with van der Waals surface area (Å²) in [6, 6.07) is 7.78. The molecule has 4 heteroatoms. The fourth-order valence-corrected chi connectivity index (χ4v) is 3.87. The zero-order valence-corrected chi connectivity index (χ0v) is 13.5. The first kappa shape index (κ1) is 15.8. The molecule has 1 aromatic rings. The number of hydrogen-bond donors (Lipinski definition) is 2. The summed E-state index contributed by atoms with van der Waals surface area (Å²) in [5, 5.41) is 12.4. The molecule has 3 aliphatic rings. The van der Waals surface area contributed by atoms with E-state index in [1.165, 1.54) is 5.56 Å². The van der Waals surface area contributed by atoms with Crippen LogP contribution in [0.1, 0.15) is 38.2 Å². The van der Waals surface area contributed by atoms with Gasteiger partial charge in [0.1, 0.15) is 0 Å².